The van der Waals surface area contributed by atoms with Crippen LogP contribution < -0.4 is 0 Å². The minimum Gasteiger partial charge on any atom is -0.228 e. The molecule has 0 rings (SSSR count). The van der Waals surface area contributed by atoms with Crippen LogP contribution in [0.5, 0.6) is 0 Å². The Morgan fingerprint density at radius 2 is 1.57 bits per heavy atom. The molecule has 86 valence electrons. The zero-order valence-corrected chi connectivity index (χ0v) is 9.24. The van der Waals surface area contributed by atoms with Gasteiger partial charge in [0.2, 0.25) is 0 Å². The van der Waals surface area contributed by atoms with Crippen LogP contribution in [0.25, 0.3) is 0 Å². The predicted octanol–water partition coefficient (Wildman–Crippen LogP) is 2.26. The summed E-state index contributed by atoms with van der Waals surface area (Å²) in [6.45, 7) is 5.21. The van der Waals surface area contributed by atoms with Gasteiger partial charge >= 0.3 is 6.18 Å². The van der Waals surface area contributed by atoms with Gasteiger partial charge < -0.3 is 0 Å². The van der Waals surface area contributed by atoms with Crippen LogP contribution in [0.1, 0.15) is 20.8 Å². The van der Waals surface area contributed by atoms with E-state index in [4.69, 9.17) is 0 Å². The Kier molecular flexibility index (Phi) is 4.42. The van der Waals surface area contributed by atoms with Crippen LogP contribution >= 0.6 is 0 Å². The smallest absolute Gasteiger partial charge is 0.228 e. The summed E-state index contributed by atoms with van der Waals surface area (Å²) in [7, 11) is -4.01. The Morgan fingerprint density at radius 3 is 1.86 bits per heavy atom. The molecule has 6 heteroatoms. The molecular formula is C8H15F3O2S. The highest BCUT2D eigenvalue weighted by Gasteiger charge is 2.35. The molecule has 0 aliphatic heterocycles. The van der Waals surface area contributed by atoms with E-state index in [0.717, 1.165) is 0 Å². The van der Waals surface area contributed by atoms with Crippen molar-refractivity contribution >= 4 is 9.84 Å². The molecule has 0 spiro atoms. The van der Waals surface area contributed by atoms with Gasteiger partial charge in [0.05, 0.1) is 5.75 Å². The molecule has 2 nitrogen and oxygen atoms in total. The lowest BCUT2D eigenvalue weighted by Gasteiger charge is -2.16. The Balaban J connectivity index is 4.37. The minimum absolute atomic E-state index is 0.0676. The summed E-state index contributed by atoms with van der Waals surface area (Å²) in [5.74, 6) is -2.29. The molecule has 0 amide bonds. The van der Waals surface area contributed by atoms with E-state index >= 15 is 0 Å². The molecule has 0 aromatic rings. The molecule has 0 saturated heterocycles. The fourth-order valence-corrected chi connectivity index (χ4v) is 2.70. The van der Waals surface area contributed by atoms with Crippen molar-refractivity contribution in [3.8, 4) is 0 Å². The van der Waals surface area contributed by atoms with Gasteiger partial charge in [-0.3, -0.25) is 0 Å². The molecule has 0 aromatic carbocycles. The summed E-state index contributed by atoms with van der Waals surface area (Å²) in [5, 5.41) is 0. The zero-order chi connectivity index (χ0) is 11.6. The van der Waals surface area contributed by atoms with Crippen LogP contribution in [0.4, 0.5) is 13.2 Å². The molecule has 14 heavy (non-hydrogen) atoms. The molecule has 0 bridgehead atoms. The van der Waals surface area contributed by atoms with Crippen molar-refractivity contribution in [3.63, 3.8) is 0 Å². The number of sulfone groups is 1. The van der Waals surface area contributed by atoms with Crippen molar-refractivity contribution in [1.29, 1.82) is 0 Å². The third-order valence-corrected chi connectivity index (χ3v) is 3.84. The molecular weight excluding hydrogens is 217 g/mol. The van der Waals surface area contributed by atoms with Crippen LogP contribution in [0.15, 0.2) is 0 Å². The Morgan fingerprint density at radius 1 is 1.14 bits per heavy atom. The van der Waals surface area contributed by atoms with Crippen LogP contribution in [0, 0.1) is 11.8 Å². The average molecular weight is 232 g/mol. The maximum absolute atomic E-state index is 11.8. The van der Waals surface area contributed by atoms with Gasteiger partial charge in [0.1, 0.15) is 5.75 Å². The number of rotatable bonds is 4. The van der Waals surface area contributed by atoms with Crippen molar-refractivity contribution in [2.45, 2.75) is 26.9 Å². The van der Waals surface area contributed by atoms with Crippen molar-refractivity contribution in [1.82, 2.24) is 0 Å². The maximum Gasteiger partial charge on any atom is 0.402 e. The van der Waals surface area contributed by atoms with Crippen molar-refractivity contribution in [3.05, 3.63) is 0 Å². The molecule has 0 saturated carbocycles. The predicted molar refractivity (Wildman–Crippen MR) is 48.7 cm³/mol. The van der Waals surface area contributed by atoms with Crippen molar-refractivity contribution < 1.29 is 21.6 Å². The highest BCUT2D eigenvalue weighted by molar-refractivity contribution is 7.91. The molecule has 1 atom stereocenters. The van der Waals surface area contributed by atoms with Crippen molar-refractivity contribution in [2.24, 2.45) is 11.8 Å². The lowest BCUT2D eigenvalue weighted by molar-refractivity contribution is -0.106. The van der Waals surface area contributed by atoms with Gasteiger partial charge in [0.15, 0.2) is 9.84 Å². The quantitative estimate of drug-likeness (QED) is 0.745. The van der Waals surface area contributed by atoms with E-state index < -0.39 is 27.5 Å². The van der Waals surface area contributed by atoms with E-state index in [1.165, 1.54) is 0 Å². The fourth-order valence-electron chi connectivity index (χ4n) is 0.901. The first-order valence-electron chi connectivity index (χ1n) is 4.30. The zero-order valence-electron chi connectivity index (χ0n) is 8.43. The van der Waals surface area contributed by atoms with Crippen LogP contribution in [-0.4, -0.2) is 26.1 Å². The van der Waals surface area contributed by atoms with Gasteiger partial charge in [0, 0.05) is 0 Å². The molecule has 0 heterocycles. The monoisotopic (exact) mass is 232 g/mol. The Labute approximate surface area is 82.4 Å². The molecule has 0 aliphatic rings. The fraction of sp³-hybridized carbons (Fsp3) is 1.00. The summed E-state index contributed by atoms with van der Waals surface area (Å²) in [5.41, 5.74) is 0. The number of hydrogen-bond acceptors (Lipinski definition) is 2. The topological polar surface area (TPSA) is 34.1 Å². The van der Waals surface area contributed by atoms with Crippen LogP contribution in [-0.2, 0) is 9.84 Å². The third kappa shape index (κ3) is 6.23. The lowest BCUT2D eigenvalue weighted by atomic mass is 10.0. The van der Waals surface area contributed by atoms with Crippen LogP contribution in [0.2, 0.25) is 0 Å². The standard InChI is InChI=1S/C8H15F3O2S/c1-6(2)7(3)4-14(12,13)5-8(9,10)11/h6-7H,4-5H2,1-3H3/t7-/m0/s1. The first-order chi connectivity index (χ1) is 6.03. The molecule has 0 aliphatic carbocycles. The summed E-state index contributed by atoms with van der Waals surface area (Å²) in [6, 6.07) is 0. The number of alkyl halides is 3. The third-order valence-electron chi connectivity index (χ3n) is 2.04. The Hall–Kier alpha value is -0.260. The second-order valence-electron chi connectivity index (χ2n) is 3.89. The second-order valence-corrected chi connectivity index (χ2v) is 6.00. The minimum atomic E-state index is -4.63. The van der Waals surface area contributed by atoms with Gasteiger partial charge in [-0.2, -0.15) is 13.2 Å². The molecule has 0 aromatic heterocycles. The van der Waals surface area contributed by atoms with Crippen molar-refractivity contribution in [2.75, 3.05) is 11.5 Å². The summed E-state index contributed by atoms with van der Waals surface area (Å²) in [4.78, 5) is 0. The van der Waals surface area contributed by atoms with E-state index in [9.17, 15) is 21.6 Å². The first-order valence-corrected chi connectivity index (χ1v) is 6.13. The average Bonchev–Trinajstić information content (AvgIpc) is 1.78. The summed E-state index contributed by atoms with van der Waals surface area (Å²) in [6.07, 6.45) is -4.63. The summed E-state index contributed by atoms with van der Waals surface area (Å²) < 4.78 is 57.6. The normalized spacial score (nSPS) is 15.9. The van der Waals surface area contributed by atoms with E-state index in [-0.39, 0.29) is 11.8 Å². The van der Waals surface area contributed by atoms with E-state index in [1.807, 2.05) is 0 Å². The molecule has 0 radical (unpaired) electrons. The molecule has 0 fully saturated rings. The molecule has 0 unspecified atom stereocenters. The first kappa shape index (κ1) is 13.7. The highest BCUT2D eigenvalue weighted by Crippen LogP contribution is 2.20. The number of halogens is 3. The van der Waals surface area contributed by atoms with Gasteiger partial charge in [-0.15, -0.1) is 0 Å². The highest BCUT2D eigenvalue weighted by atomic mass is 32.2. The number of hydrogen-bond donors (Lipinski definition) is 0. The SMILES string of the molecule is CC(C)[C@@H](C)CS(=O)(=O)CC(F)(F)F. The van der Waals surface area contributed by atoms with E-state index in [1.54, 1.807) is 20.8 Å². The maximum atomic E-state index is 11.8. The molecule has 0 N–H and O–H groups in total. The van der Waals surface area contributed by atoms with Gasteiger partial charge in [-0.25, -0.2) is 8.42 Å². The van der Waals surface area contributed by atoms with Gasteiger partial charge in [-0.1, -0.05) is 20.8 Å². The lowest BCUT2D eigenvalue weighted by Crippen LogP contribution is -2.28. The van der Waals surface area contributed by atoms with E-state index in [2.05, 4.69) is 0 Å². The second kappa shape index (κ2) is 4.51. The van der Waals surface area contributed by atoms with E-state index in [0.29, 0.717) is 0 Å². The largest absolute Gasteiger partial charge is 0.402 e. The van der Waals surface area contributed by atoms with Gasteiger partial charge in [-0.05, 0) is 11.8 Å². The summed E-state index contributed by atoms with van der Waals surface area (Å²) >= 11 is 0. The Bertz CT molecular complexity index is 267. The van der Waals surface area contributed by atoms with Gasteiger partial charge in [0.25, 0.3) is 0 Å². The van der Waals surface area contributed by atoms with Crippen LogP contribution in [0.3, 0.4) is 0 Å².